The summed E-state index contributed by atoms with van der Waals surface area (Å²) in [6, 6.07) is 10.3. The van der Waals surface area contributed by atoms with Gasteiger partial charge in [0.2, 0.25) is 0 Å². The summed E-state index contributed by atoms with van der Waals surface area (Å²) in [5.41, 5.74) is 0.184. The van der Waals surface area contributed by atoms with Gasteiger partial charge in [-0.2, -0.15) is 5.26 Å². The number of halogens is 1. The van der Waals surface area contributed by atoms with E-state index in [0.29, 0.717) is 22.4 Å². The number of nitrogens with one attached hydrogen (secondary N) is 1. The van der Waals surface area contributed by atoms with Crippen molar-refractivity contribution in [3.63, 3.8) is 0 Å². The Bertz CT molecular complexity index is 1130. The number of non-ortho nitro benzene ring substituents is 1. The van der Waals surface area contributed by atoms with E-state index in [4.69, 9.17) is 14.2 Å². The molecule has 2 aromatic rings. The van der Waals surface area contributed by atoms with E-state index in [0.717, 1.165) is 0 Å². The minimum atomic E-state index is -0.741. The SMILES string of the molecule is CCOC(=O)COc1c(Br)cc(/C=C(\C#N)C(=O)Nc2cccc([N+](=O)[O-])c2)cc1OCC. The lowest BCUT2D eigenvalue weighted by molar-refractivity contribution is -0.384. The summed E-state index contributed by atoms with van der Waals surface area (Å²) in [6.07, 6.45) is 1.33. The predicted octanol–water partition coefficient (Wildman–Crippen LogP) is 4.24. The van der Waals surface area contributed by atoms with Gasteiger partial charge in [0.05, 0.1) is 22.6 Å². The van der Waals surface area contributed by atoms with Crippen LogP contribution < -0.4 is 14.8 Å². The first-order valence-electron chi connectivity index (χ1n) is 9.71. The Morgan fingerprint density at radius 3 is 2.61 bits per heavy atom. The van der Waals surface area contributed by atoms with Crippen LogP contribution in [0, 0.1) is 21.4 Å². The first-order chi connectivity index (χ1) is 15.8. The molecule has 2 aromatic carbocycles. The number of nitro groups is 1. The van der Waals surface area contributed by atoms with Crippen LogP contribution in [0.2, 0.25) is 0 Å². The summed E-state index contributed by atoms with van der Waals surface area (Å²) >= 11 is 3.35. The number of rotatable bonds is 10. The van der Waals surface area contributed by atoms with Gasteiger partial charge in [-0.15, -0.1) is 0 Å². The average molecular weight is 518 g/mol. The maximum Gasteiger partial charge on any atom is 0.344 e. The van der Waals surface area contributed by atoms with Crippen LogP contribution in [0.25, 0.3) is 6.08 Å². The fourth-order valence-corrected chi connectivity index (χ4v) is 3.19. The number of hydrogen-bond donors (Lipinski definition) is 1. The van der Waals surface area contributed by atoms with Gasteiger partial charge in [0.15, 0.2) is 18.1 Å². The van der Waals surface area contributed by atoms with Gasteiger partial charge in [-0.05, 0) is 59.6 Å². The molecule has 0 aliphatic rings. The molecule has 0 atom stereocenters. The van der Waals surface area contributed by atoms with Crippen molar-refractivity contribution in [3.8, 4) is 17.6 Å². The van der Waals surface area contributed by atoms with E-state index in [2.05, 4.69) is 21.2 Å². The predicted molar refractivity (Wildman–Crippen MR) is 123 cm³/mol. The van der Waals surface area contributed by atoms with E-state index in [1.54, 1.807) is 26.0 Å². The fraction of sp³-hybridized carbons (Fsp3) is 0.227. The Morgan fingerprint density at radius 1 is 1.21 bits per heavy atom. The van der Waals surface area contributed by atoms with Gasteiger partial charge < -0.3 is 19.5 Å². The summed E-state index contributed by atoms with van der Waals surface area (Å²) < 4.78 is 16.4. The van der Waals surface area contributed by atoms with Crippen LogP contribution in [-0.4, -0.2) is 36.6 Å². The maximum absolute atomic E-state index is 12.5. The van der Waals surface area contributed by atoms with E-state index in [1.807, 2.05) is 6.07 Å². The Balaban J connectivity index is 2.29. The molecule has 33 heavy (non-hydrogen) atoms. The number of hydrogen-bond acceptors (Lipinski definition) is 8. The molecule has 0 saturated heterocycles. The highest BCUT2D eigenvalue weighted by molar-refractivity contribution is 9.10. The Labute approximate surface area is 198 Å². The van der Waals surface area contributed by atoms with Crippen LogP contribution in [0.1, 0.15) is 19.4 Å². The third-order valence-corrected chi connectivity index (χ3v) is 4.55. The second-order valence-corrected chi connectivity index (χ2v) is 7.14. The van der Waals surface area contributed by atoms with Gasteiger partial charge >= 0.3 is 5.97 Å². The van der Waals surface area contributed by atoms with Crippen molar-refractivity contribution in [2.45, 2.75) is 13.8 Å². The number of carbonyl (C=O) groups excluding carboxylic acids is 2. The van der Waals surface area contributed by atoms with Crippen molar-refractivity contribution in [2.24, 2.45) is 0 Å². The number of nitrogens with zero attached hydrogens (tertiary/aromatic N) is 2. The zero-order chi connectivity index (χ0) is 24.4. The van der Waals surface area contributed by atoms with E-state index in [1.165, 1.54) is 30.3 Å². The lowest BCUT2D eigenvalue weighted by atomic mass is 10.1. The van der Waals surface area contributed by atoms with E-state index in [9.17, 15) is 25.0 Å². The monoisotopic (exact) mass is 517 g/mol. The van der Waals surface area contributed by atoms with Crippen LogP contribution in [0.5, 0.6) is 11.5 Å². The molecule has 0 radical (unpaired) electrons. The molecule has 0 spiro atoms. The number of carbonyl (C=O) groups is 2. The van der Waals surface area contributed by atoms with Gasteiger partial charge in [0.1, 0.15) is 11.6 Å². The second kappa shape index (κ2) is 12.2. The van der Waals surface area contributed by atoms with Gasteiger partial charge in [0.25, 0.3) is 11.6 Å². The molecule has 172 valence electrons. The van der Waals surface area contributed by atoms with Crippen molar-refractivity contribution < 1.29 is 28.7 Å². The van der Waals surface area contributed by atoms with Crippen molar-refractivity contribution in [1.82, 2.24) is 0 Å². The standard InChI is InChI=1S/C22H20BrN3O7/c1-3-31-19-10-14(9-18(23)21(19)33-13-20(27)32-4-2)8-15(12-24)22(28)25-16-6-5-7-17(11-16)26(29)30/h5-11H,3-4,13H2,1-2H3,(H,25,28)/b15-8+. The minimum absolute atomic E-state index is 0.175. The Morgan fingerprint density at radius 2 is 1.97 bits per heavy atom. The first-order valence-corrected chi connectivity index (χ1v) is 10.5. The van der Waals surface area contributed by atoms with E-state index in [-0.39, 0.29) is 35.9 Å². The molecule has 0 bridgehead atoms. The van der Waals surface area contributed by atoms with Crippen LogP contribution in [0.3, 0.4) is 0 Å². The maximum atomic E-state index is 12.5. The molecule has 2 rings (SSSR count). The molecule has 0 saturated carbocycles. The Kier molecular flexibility index (Phi) is 9.38. The molecule has 10 nitrogen and oxygen atoms in total. The average Bonchev–Trinajstić information content (AvgIpc) is 2.77. The minimum Gasteiger partial charge on any atom is -0.490 e. The zero-order valence-corrected chi connectivity index (χ0v) is 19.4. The smallest absolute Gasteiger partial charge is 0.344 e. The molecule has 11 heteroatoms. The normalized spacial score (nSPS) is 10.7. The Hall–Kier alpha value is -3.91. The number of esters is 1. The summed E-state index contributed by atoms with van der Waals surface area (Å²) in [5.74, 6) is -0.726. The number of benzene rings is 2. The molecule has 0 aromatic heterocycles. The molecular formula is C22H20BrN3O7. The number of nitriles is 1. The van der Waals surface area contributed by atoms with Crippen LogP contribution in [0.15, 0.2) is 46.4 Å². The highest BCUT2D eigenvalue weighted by atomic mass is 79.9. The van der Waals surface area contributed by atoms with E-state index >= 15 is 0 Å². The molecule has 0 heterocycles. The molecule has 0 aliphatic heterocycles. The highest BCUT2D eigenvalue weighted by Crippen LogP contribution is 2.37. The van der Waals surface area contributed by atoms with Crippen LogP contribution in [-0.2, 0) is 14.3 Å². The summed E-state index contributed by atoms with van der Waals surface area (Å²) in [5, 5.41) is 22.8. The lowest BCUT2D eigenvalue weighted by Gasteiger charge is -2.14. The summed E-state index contributed by atoms with van der Waals surface area (Å²) in [4.78, 5) is 34.5. The van der Waals surface area contributed by atoms with Crippen molar-refractivity contribution in [3.05, 3.63) is 62.1 Å². The molecular weight excluding hydrogens is 498 g/mol. The third-order valence-electron chi connectivity index (χ3n) is 3.96. The van der Waals surface area contributed by atoms with Gasteiger partial charge in [-0.1, -0.05) is 6.07 Å². The number of nitro benzene ring substituents is 1. The number of ether oxygens (including phenoxy) is 3. The zero-order valence-electron chi connectivity index (χ0n) is 17.8. The lowest BCUT2D eigenvalue weighted by Crippen LogP contribution is -2.15. The highest BCUT2D eigenvalue weighted by Gasteiger charge is 2.16. The van der Waals surface area contributed by atoms with E-state index < -0.39 is 16.8 Å². The number of amides is 1. The topological polar surface area (TPSA) is 141 Å². The molecule has 0 aliphatic carbocycles. The second-order valence-electron chi connectivity index (χ2n) is 6.29. The largest absolute Gasteiger partial charge is 0.490 e. The fourth-order valence-electron chi connectivity index (χ4n) is 2.62. The van der Waals surface area contributed by atoms with Crippen LogP contribution >= 0.6 is 15.9 Å². The third kappa shape index (κ3) is 7.33. The summed E-state index contributed by atoms with van der Waals surface area (Å²) in [7, 11) is 0. The van der Waals surface area contributed by atoms with Crippen molar-refractivity contribution in [2.75, 3.05) is 25.1 Å². The molecule has 1 amide bonds. The van der Waals surface area contributed by atoms with Crippen LogP contribution in [0.4, 0.5) is 11.4 Å². The molecule has 1 N–H and O–H groups in total. The molecule has 0 fully saturated rings. The first kappa shape index (κ1) is 25.4. The van der Waals surface area contributed by atoms with Crippen molar-refractivity contribution >= 4 is 45.3 Å². The van der Waals surface area contributed by atoms with Gasteiger partial charge in [0, 0.05) is 17.8 Å². The molecule has 0 unspecified atom stereocenters. The van der Waals surface area contributed by atoms with Crippen molar-refractivity contribution in [1.29, 1.82) is 5.26 Å². The number of anilines is 1. The summed E-state index contributed by atoms with van der Waals surface area (Å²) in [6.45, 7) is 3.65. The quantitative estimate of drug-likeness (QED) is 0.162. The van der Waals surface area contributed by atoms with Gasteiger partial charge in [-0.25, -0.2) is 4.79 Å². The van der Waals surface area contributed by atoms with Gasteiger partial charge in [-0.3, -0.25) is 14.9 Å².